The van der Waals surface area contributed by atoms with E-state index in [-0.39, 0.29) is 0 Å². The fourth-order valence-corrected chi connectivity index (χ4v) is 2.61. The van der Waals surface area contributed by atoms with Crippen molar-refractivity contribution in [2.24, 2.45) is 0 Å². The molecule has 2 rings (SSSR count). The van der Waals surface area contributed by atoms with E-state index in [1.165, 1.54) is 0 Å². The Morgan fingerprint density at radius 2 is 2.00 bits per heavy atom. The van der Waals surface area contributed by atoms with Crippen molar-refractivity contribution in [1.29, 1.82) is 0 Å². The molecule has 0 saturated heterocycles. The molecule has 0 aliphatic carbocycles. The molecule has 2 nitrogen and oxygen atoms in total. The predicted octanol–water partition coefficient (Wildman–Crippen LogP) is 4.79. The van der Waals surface area contributed by atoms with Crippen LogP contribution >= 0.6 is 34.8 Å². The van der Waals surface area contributed by atoms with Gasteiger partial charge in [-0.2, -0.15) is 5.10 Å². The molecule has 18 heavy (non-hydrogen) atoms. The van der Waals surface area contributed by atoms with Crippen LogP contribution in [-0.4, -0.2) is 9.78 Å². The lowest BCUT2D eigenvalue weighted by Gasteiger charge is -2.05. The molecule has 1 aromatic carbocycles. The van der Waals surface area contributed by atoms with Gasteiger partial charge in [0.2, 0.25) is 0 Å². The third-order valence-corrected chi connectivity index (χ3v) is 3.94. The summed E-state index contributed by atoms with van der Waals surface area (Å²) in [5.74, 6) is 0.363. The lowest BCUT2D eigenvalue weighted by molar-refractivity contribution is 0.841. The highest BCUT2D eigenvalue weighted by Gasteiger charge is 2.15. The Bertz CT molecular complexity index is 576. The third-order valence-electron chi connectivity index (χ3n) is 2.87. The Labute approximate surface area is 121 Å². The molecule has 0 atom stereocenters. The van der Waals surface area contributed by atoms with Gasteiger partial charge in [0.15, 0.2) is 0 Å². The molecule has 0 saturated carbocycles. The van der Waals surface area contributed by atoms with Crippen molar-refractivity contribution < 1.29 is 0 Å². The minimum atomic E-state index is 0.363. The summed E-state index contributed by atoms with van der Waals surface area (Å²) in [7, 11) is 0. The second-order valence-electron chi connectivity index (χ2n) is 4.05. The van der Waals surface area contributed by atoms with E-state index in [2.05, 4.69) is 5.10 Å². The second kappa shape index (κ2) is 5.52. The fourth-order valence-electron chi connectivity index (χ4n) is 1.77. The van der Waals surface area contributed by atoms with Crippen LogP contribution in [0.25, 0.3) is 5.69 Å². The van der Waals surface area contributed by atoms with Crippen molar-refractivity contribution in [2.75, 3.05) is 0 Å². The van der Waals surface area contributed by atoms with Crippen molar-refractivity contribution in [1.82, 2.24) is 9.78 Å². The van der Waals surface area contributed by atoms with Gasteiger partial charge in [-0.15, -0.1) is 11.6 Å². The molecule has 1 heterocycles. The Hall–Kier alpha value is -0.700. The lowest BCUT2D eigenvalue weighted by Crippen LogP contribution is -1.97. The average molecular weight is 304 g/mol. The molecule has 0 N–H and O–H groups in total. The average Bonchev–Trinajstić information content (AvgIpc) is 2.69. The number of rotatable bonds is 3. The van der Waals surface area contributed by atoms with Gasteiger partial charge in [0.25, 0.3) is 0 Å². The molecular weight excluding hydrogens is 291 g/mol. The molecule has 96 valence electrons. The minimum Gasteiger partial charge on any atom is -0.222 e. The monoisotopic (exact) mass is 302 g/mol. The van der Waals surface area contributed by atoms with Crippen molar-refractivity contribution in [3.63, 3.8) is 0 Å². The molecule has 2 aromatic rings. The van der Waals surface area contributed by atoms with E-state index >= 15 is 0 Å². The minimum absolute atomic E-state index is 0.363. The zero-order chi connectivity index (χ0) is 13.3. The smallest absolute Gasteiger partial charge is 0.137 e. The van der Waals surface area contributed by atoms with E-state index in [0.717, 1.165) is 28.9 Å². The van der Waals surface area contributed by atoms with Crippen LogP contribution in [0, 0.1) is 6.92 Å². The molecule has 1 aromatic heterocycles. The van der Waals surface area contributed by atoms with Gasteiger partial charge in [0.05, 0.1) is 17.3 Å². The SMILES string of the molecule is CCc1nn(-c2ccc(C)c(Cl)c2)c(Cl)c1CCl. The van der Waals surface area contributed by atoms with Crippen molar-refractivity contribution in [3.05, 3.63) is 45.2 Å². The maximum atomic E-state index is 6.31. The molecule has 5 heteroatoms. The largest absolute Gasteiger partial charge is 0.222 e. The normalized spacial score (nSPS) is 10.9. The number of hydrogen-bond acceptors (Lipinski definition) is 1. The maximum Gasteiger partial charge on any atom is 0.137 e. The summed E-state index contributed by atoms with van der Waals surface area (Å²) in [5.41, 5.74) is 3.68. The van der Waals surface area contributed by atoms with E-state index in [4.69, 9.17) is 34.8 Å². The van der Waals surface area contributed by atoms with Gasteiger partial charge < -0.3 is 0 Å². The van der Waals surface area contributed by atoms with Crippen LogP contribution in [0.1, 0.15) is 23.7 Å². The zero-order valence-electron chi connectivity index (χ0n) is 10.2. The first kappa shape index (κ1) is 13.7. The van der Waals surface area contributed by atoms with Crippen LogP contribution in [0.4, 0.5) is 0 Å². The maximum absolute atomic E-state index is 6.31. The van der Waals surface area contributed by atoms with Crippen molar-refractivity contribution in [3.8, 4) is 5.69 Å². The Kier molecular flexibility index (Phi) is 4.21. The standard InChI is InChI=1S/C13H13Cl3N2/c1-3-12-10(7-14)13(16)18(17-12)9-5-4-8(2)11(15)6-9/h4-6H,3,7H2,1-2H3. The summed E-state index contributed by atoms with van der Waals surface area (Å²) in [4.78, 5) is 0. The van der Waals surface area contributed by atoms with Gasteiger partial charge in [-0.05, 0) is 31.0 Å². The van der Waals surface area contributed by atoms with Gasteiger partial charge in [-0.1, -0.05) is 36.2 Å². The molecule has 0 aliphatic heterocycles. The van der Waals surface area contributed by atoms with Crippen LogP contribution in [0.15, 0.2) is 18.2 Å². The number of hydrogen-bond donors (Lipinski definition) is 0. The van der Waals surface area contributed by atoms with E-state index in [1.54, 1.807) is 4.68 Å². The van der Waals surface area contributed by atoms with E-state index in [9.17, 15) is 0 Å². The first-order valence-corrected chi connectivity index (χ1v) is 6.96. The van der Waals surface area contributed by atoms with Gasteiger partial charge in [-0.3, -0.25) is 0 Å². The number of aromatic nitrogens is 2. The molecule has 0 fully saturated rings. The predicted molar refractivity (Wildman–Crippen MR) is 77.3 cm³/mol. The number of alkyl halides is 1. The summed E-state index contributed by atoms with van der Waals surface area (Å²) in [6, 6.07) is 5.74. The van der Waals surface area contributed by atoms with Gasteiger partial charge in [0.1, 0.15) is 5.15 Å². The van der Waals surface area contributed by atoms with Gasteiger partial charge >= 0.3 is 0 Å². The Balaban J connectivity index is 2.56. The molecular formula is C13H13Cl3N2. The molecule has 0 radical (unpaired) electrons. The topological polar surface area (TPSA) is 17.8 Å². The highest BCUT2D eigenvalue weighted by molar-refractivity contribution is 6.32. The number of aryl methyl sites for hydroxylation is 2. The first-order valence-electron chi connectivity index (χ1n) is 5.67. The Morgan fingerprint density at radius 1 is 1.28 bits per heavy atom. The van der Waals surface area contributed by atoms with Crippen LogP contribution in [0.2, 0.25) is 10.2 Å². The molecule has 0 unspecified atom stereocenters. The van der Waals surface area contributed by atoms with E-state index < -0.39 is 0 Å². The first-order chi connectivity index (χ1) is 8.58. The summed E-state index contributed by atoms with van der Waals surface area (Å²) in [5, 5.41) is 5.74. The molecule has 0 aliphatic rings. The van der Waals surface area contributed by atoms with E-state index in [0.29, 0.717) is 16.1 Å². The van der Waals surface area contributed by atoms with Crippen LogP contribution in [0.3, 0.4) is 0 Å². The fraction of sp³-hybridized carbons (Fsp3) is 0.308. The van der Waals surface area contributed by atoms with Crippen LogP contribution in [-0.2, 0) is 12.3 Å². The van der Waals surface area contributed by atoms with Crippen molar-refractivity contribution >= 4 is 34.8 Å². The van der Waals surface area contributed by atoms with Crippen LogP contribution in [0.5, 0.6) is 0 Å². The number of benzene rings is 1. The molecule has 0 bridgehead atoms. The number of nitrogens with zero attached hydrogens (tertiary/aromatic N) is 2. The summed E-state index contributed by atoms with van der Waals surface area (Å²) in [6.45, 7) is 3.99. The highest BCUT2D eigenvalue weighted by Crippen LogP contribution is 2.27. The molecule has 0 spiro atoms. The molecule has 0 amide bonds. The van der Waals surface area contributed by atoms with Crippen molar-refractivity contribution in [2.45, 2.75) is 26.1 Å². The second-order valence-corrected chi connectivity index (χ2v) is 5.08. The zero-order valence-corrected chi connectivity index (χ0v) is 12.4. The van der Waals surface area contributed by atoms with E-state index in [1.807, 2.05) is 32.0 Å². The third kappa shape index (κ3) is 2.37. The summed E-state index contributed by atoms with van der Waals surface area (Å²) < 4.78 is 1.68. The quantitative estimate of drug-likeness (QED) is 0.746. The summed E-state index contributed by atoms with van der Waals surface area (Å²) >= 11 is 18.3. The lowest BCUT2D eigenvalue weighted by atomic mass is 10.2. The Morgan fingerprint density at radius 3 is 2.50 bits per heavy atom. The summed E-state index contributed by atoms with van der Waals surface area (Å²) in [6.07, 6.45) is 0.800. The van der Waals surface area contributed by atoms with Crippen LogP contribution < -0.4 is 0 Å². The number of halogens is 3. The highest BCUT2D eigenvalue weighted by atomic mass is 35.5. The van der Waals surface area contributed by atoms with Gasteiger partial charge in [-0.25, -0.2) is 4.68 Å². The van der Waals surface area contributed by atoms with Gasteiger partial charge in [0, 0.05) is 10.6 Å².